The van der Waals surface area contributed by atoms with E-state index in [1.807, 2.05) is 6.92 Å². The number of nitrogens with two attached hydrogens (primary N) is 1. The molecule has 0 radical (unpaired) electrons. The molecule has 0 aliphatic carbocycles. The van der Waals surface area contributed by atoms with Crippen LogP contribution in [0.4, 0.5) is 4.39 Å². The molecule has 0 bridgehead atoms. The first-order valence-electron chi connectivity index (χ1n) is 5.85. The number of nitrogens with zero attached hydrogens (tertiary/aromatic N) is 1. The molecule has 2 rings (SSSR count). The molecule has 1 fully saturated rings. The average molecular weight is 302 g/mol. The van der Waals surface area contributed by atoms with Crippen molar-refractivity contribution in [1.29, 1.82) is 0 Å². The number of sulfonamides is 1. The fraction of sp³-hybridized carbons (Fsp3) is 0.417. The standard InChI is InChI=1S/C12H15FN2O2S2/c1-8-5-15(19(16,17)7-8)6-10-3-2-9(12(14)18)4-11(10)13/h2-4,8H,5-7H2,1H3,(H2,14,18). The van der Waals surface area contributed by atoms with Gasteiger partial charge < -0.3 is 5.73 Å². The van der Waals surface area contributed by atoms with E-state index in [1.165, 1.54) is 16.4 Å². The predicted octanol–water partition coefficient (Wildman–Crippen LogP) is 1.24. The van der Waals surface area contributed by atoms with Gasteiger partial charge in [0.05, 0.1) is 5.75 Å². The van der Waals surface area contributed by atoms with Gasteiger partial charge in [-0.2, -0.15) is 4.31 Å². The Morgan fingerprint density at radius 2 is 2.26 bits per heavy atom. The van der Waals surface area contributed by atoms with E-state index in [2.05, 4.69) is 0 Å². The van der Waals surface area contributed by atoms with Crippen molar-refractivity contribution in [3.05, 3.63) is 35.1 Å². The van der Waals surface area contributed by atoms with Gasteiger partial charge in [-0.25, -0.2) is 12.8 Å². The van der Waals surface area contributed by atoms with Crippen LogP contribution in [0.25, 0.3) is 0 Å². The number of thiocarbonyl (C=S) groups is 1. The van der Waals surface area contributed by atoms with Crippen molar-refractivity contribution in [2.75, 3.05) is 12.3 Å². The summed E-state index contributed by atoms with van der Waals surface area (Å²) in [5.74, 6) is -0.288. The zero-order chi connectivity index (χ0) is 14.2. The van der Waals surface area contributed by atoms with E-state index in [4.69, 9.17) is 18.0 Å². The lowest BCUT2D eigenvalue weighted by atomic mass is 10.1. The molecule has 19 heavy (non-hydrogen) atoms. The molecule has 4 nitrogen and oxygen atoms in total. The van der Waals surface area contributed by atoms with E-state index in [0.717, 1.165) is 0 Å². The zero-order valence-corrected chi connectivity index (χ0v) is 12.1. The molecule has 0 amide bonds. The van der Waals surface area contributed by atoms with Gasteiger partial charge >= 0.3 is 0 Å². The summed E-state index contributed by atoms with van der Waals surface area (Å²) in [6, 6.07) is 4.37. The van der Waals surface area contributed by atoms with Gasteiger partial charge in [-0.3, -0.25) is 0 Å². The number of rotatable bonds is 3. The zero-order valence-electron chi connectivity index (χ0n) is 10.5. The van der Waals surface area contributed by atoms with Crippen molar-refractivity contribution >= 4 is 27.2 Å². The Bertz CT molecular complexity index is 616. The van der Waals surface area contributed by atoms with Crippen LogP contribution in [0.15, 0.2) is 18.2 Å². The first-order chi connectivity index (χ1) is 8.79. The van der Waals surface area contributed by atoms with E-state index in [0.29, 0.717) is 17.7 Å². The van der Waals surface area contributed by atoms with Gasteiger partial charge in [0.2, 0.25) is 10.0 Å². The minimum atomic E-state index is -3.26. The molecule has 104 valence electrons. The highest BCUT2D eigenvalue weighted by Crippen LogP contribution is 2.23. The van der Waals surface area contributed by atoms with E-state index < -0.39 is 15.8 Å². The molecular weight excluding hydrogens is 287 g/mol. The van der Waals surface area contributed by atoms with Gasteiger partial charge in [0.15, 0.2) is 0 Å². The maximum atomic E-state index is 13.9. The summed E-state index contributed by atoms with van der Waals surface area (Å²) in [6.07, 6.45) is 0. The molecule has 1 heterocycles. The Labute approximate surface area is 117 Å². The molecule has 7 heteroatoms. The fourth-order valence-corrected chi connectivity index (χ4v) is 4.14. The maximum absolute atomic E-state index is 13.9. The molecule has 1 aliphatic rings. The summed E-state index contributed by atoms with van der Waals surface area (Å²) in [5, 5.41) is 0. The minimum absolute atomic E-state index is 0.0517. The third kappa shape index (κ3) is 3.10. The summed E-state index contributed by atoms with van der Waals surface area (Å²) < 4.78 is 38.8. The Morgan fingerprint density at radius 3 is 2.74 bits per heavy atom. The maximum Gasteiger partial charge on any atom is 0.214 e. The molecule has 0 spiro atoms. The minimum Gasteiger partial charge on any atom is -0.389 e. The number of hydrogen-bond acceptors (Lipinski definition) is 3. The summed E-state index contributed by atoms with van der Waals surface area (Å²) in [5.41, 5.74) is 6.19. The van der Waals surface area contributed by atoms with E-state index in [1.54, 1.807) is 6.07 Å². The molecule has 1 aliphatic heterocycles. The molecule has 1 saturated heterocycles. The van der Waals surface area contributed by atoms with Crippen LogP contribution in [0.1, 0.15) is 18.1 Å². The highest BCUT2D eigenvalue weighted by molar-refractivity contribution is 7.89. The monoisotopic (exact) mass is 302 g/mol. The van der Waals surface area contributed by atoms with Gasteiger partial charge in [0, 0.05) is 24.2 Å². The number of hydrogen-bond donors (Lipinski definition) is 1. The van der Waals surface area contributed by atoms with Crippen LogP contribution in [0, 0.1) is 11.7 Å². The lowest BCUT2D eigenvalue weighted by molar-refractivity contribution is 0.401. The highest BCUT2D eigenvalue weighted by Gasteiger charge is 2.33. The number of benzene rings is 1. The molecule has 1 atom stereocenters. The Hall–Kier alpha value is -1.05. The normalized spacial score (nSPS) is 22.5. The largest absolute Gasteiger partial charge is 0.389 e. The van der Waals surface area contributed by atoms with Crippen molar-refractivity contribution in [2.24, 2.45) is 11.7 Å². The third-order valence-corrected chi connectivity index (χ3v) is 5.38. The molecule has 2 N–H and O–H groups in total. The van der Waals surface area contributed by atoms with Crippen LogP contribution < -0.4 is 5.73 Å². The topological polar surface area (TPSA) is 63.4 Å². The second-order valence-corrected chi connectivity index (χ2v) is 7.30. The van der Waals surface area contributed by atoms with Gasteiger partial charge in [0.1, 0.15) is 10.8 Å². The Balaban J connectivity index is 2.23. The molecule has 0 saturated carbocycles. The fourth-order valence-electron chi connectivity index (χ4n) is 2.16. The highest BCUT2D eigenvalue weighted by atomic mass is 32.2. The van der Waals surface area contributed by atoms with Gasteiger partial charge in [-0.1, -0.05) is 31.3 Å². The van der Waals surface area contributed by atoms with Crippen LogP contribution in [-0.4, -0.2) is 30.0 Å². The lowest BCUT2D eigenvalue weighted by Gasteiger charge is -2.15. The quantitative estimate of drug-likeness (QED) is 0.853. The second kappa shape index (κ2) is 5.15. The first-order valence-corrected chi connectivity index (χ1v) is 7.87. The SMILES string of the molecule is CC1CN(Cc2ccc(C(N)=S)cc2F)S(=O)(=O)C1. The van der Waals surface area contributed by atoms with Gasteiger partial charge in [-0.05, 0) is 12.0 Å². The van der Waals surface area contributed by atoms with Crippen molar-refractivity contribution in [3.8, 4) is 0 Å². The van der Waals surface area contributed by atoms with Crippen LogP contribution >= 0.6 is 12.2 Å². The first kappa shape index (κ1) is 14.4. The third-order valence-electron chi connectivity index (χ3n) is 3.09. The van der Waals surface area contributed by atoms with Crippen molar-refractivity contribution < 1.29 is 12.8 Å². The number of halogens is 1. The van der Waals surface area contributed by atoms with Crippen molar-refractivity contribution in [3.63, 3.8) is 0 Å². The van der Waals surface area contributed by atoms with Crippen LogP contribution in [0.3, 0.4) is 0 Å². The van der Waals surface area contributed by atoms with E-state index >= 15 is 0 Å². The Kier molecular flexibility index (Phi) is 3.89. The smallest absolute Gasteiger partial charge is 0.214 e. The van der Waals surface area contributed by atoms with Crippen LogP contribution in [0.2, 0.25) is 0 Å². The predicted molar refractivity (Wildman–Crippen MR) is 75.6 cm³/mol. The van der Waals surface area contributed by atoms with Crippen molar-refractivity contribution in [2.45, 2.75) is 13.5 Å². The van der Waals surface area contributed by atoms with Crippen LogP contribution in [0.5, 0.6) is 0 Å². The molecule has 0 aromatic heterocycles. The van der Waals surface area contributed by atoms with E-state index in [9.17, 15) is 12.8 Å². The molecule has 1 unspecified atom stereocenters. The lowest BCUT2D eigenvalue weighted by Crippen LogP contribution is -2.26. The van der Waals surface area contributed by atoms with Gasteiger partial charge in [-0.15, -0.1) is 0 Å². The van der Waals surface area contributed by atoms with Crippen LogP contribution in [-0.2, 0) is 16.6 Å². The summed E-state index contributed by atoms with van der Waals surface area (Å²) in [4.78, 5) is 0.118. The van der Waals surface area contributed by atoms with Crippen molar-refractivity contribution in [1.82, 2.24) is 4.31 Å². The average Bonchev–Trinajstić information content (AvgIpc) is 2.54. The summed E-state index contributed by atoms with van der Waals surface area (Å²) in [7, 11) is -3.26. The molecular formula is C12H15FN2O2S2. The summed E-state index contributed by atoms with van der Waals surface area (Å²) >= 11 is 4.77. The summed E-state index contributed by atoms with van der Waals surface area (Å²) in [6.45, 7) is 2.35. The van der Waals surface area contributed by atoms with Gasteiger partial charge in [0.25, 0.3) is 0 Å². The molecule has 1 aromatic carbocycles. The van der Waals surface area contributed by atoms with E-state index in [-0.39, 0.29) is 23.2 Å². The molecule has 1 aromatic rings. The second-order valence-electron chi connectivity index (χ2n) is 4.85. The Morgan fingerprint density at radius 1 is 1.58 bits per heavy atom.